The van der Waals surface area contributed by atoms with Gasteiger partial charge in [0.05, 0.1) is 6.54 Å². The van der Waals surface area contributed by atoms with Crippen LogP contribution in [0.5, 0.6) is 5.75 Å². The summed E-state index contributed by atoms with van der Waals surface area (Å²) in [6, 6.07) is 7.90. The average Bonchev–Trinajstić information content (AvgIpc) is 2.45. The molecule has 0 fully saturated rings. The lowest BCUT2D eigenvalue weighted by atomic mass is 10.3. The van der Waals surface area contributed by atoms with Gasteiger partial charge in [0.1, 0.15) is 18.9 Å². The van der Waals surface area contributed by atoms with Crippen molar-refractivity contribution in [2.24, 2.45) is 0 Å². The Hall–Kier alpha value is -2.29. The van der Waals surface area contributed by atoms with Crippen LogP contribution in [0.2, 0.25) is 0 Å². The summed E-state index contributed by atoms with van der Waals surface area (Å²) < 4.78 is 41.1. The molecule has 0 aliphatic rings. The standard InChI is InChI=1S/C14H18F3N3O3/c1-20(7-8-23-11-5-3-2-4-6-11)9-12(21)19-13(22)18-10-14(15,16)17/h2-6H,7-10H2,1H3,(H2,18,19,21,22). The van der Waals surface area contributed by atoms with E-state index in [4.69, 9.17) is 4.74 Å². The van der Waals surface area contributed by atoms with E-state index in [0.29, 0.717) is 18.9 Å². The minimum Gasteiger partial charge on any atom is -0.492 e. The lowest BCUT2D eigenvalue weighted by Crippen LogP contribution is -2.46. The number of carbonyl (C=O) groups is 2. The summed E-state index contributed by atoms with van der Waals surface area (Å²) >= 11 is 0. The molecule has 0 radical (unpaired) electrons. The molecule has 0 saturated carbocycles. The maximum absolute atomic E-state index is 11.9. The van der Waals surface area contributed by atoms with Crippen LogP contribution in [-0.2, 0) is 4.79 Å². The number of urea groups is 1. The van der Waals surface area contributed by atoms with Crippen molar-refractivity contribution < 1.29 is 27.5 Å². The van der Waals surface area contributed by atoms with Crippen molar-refractivity contribution in [3.05, 3.63) is 30.3 Å². The van der Waals surface area contributed by atoms with Gasteiger partial charge < -0.3 is 10.1 Å². The summed E-state index contributed by atoms with van der Waals surface area (Å²) in [6.45, 7) is -0.898. The molecule has 1 aromatic rings. The van der Waals surface area contributed by atoms with Gasteiger partial charge in [0.2, 0.25) is 5.91 Å². The molecule has 0 atom stereocenters. The van der Waals surface area contributed by atoms with E-state index in [-0.39, 0.29) is 6.54 Å². The molecule has 0 aliphatic carbocycles. The molecule has 0 heterocycles. The van der Waals surface area contributed by atoms with E-state index < -0.39 is 24.7 Å². The van der Waals surface area contributed by atoms with Crippen LogP contribution in [-0.4, -0.2) is 56.3 Å². The number of imide groups is 1. The Kier molecular flexibility index (Phi) is 7.33. The van der Waals surface area contributed by atoms with E-state index >= 15 is 0 Å². The third-order valence-corrected chi connectivity index (χ3v) is 2.60. The van der Waals surface area contributed by atoms with Gasteiger partial charge in [-0.15, -0.1) is 0 Å². The number of alkyl halides is 3. The number of nitrogens with one attached hydrogen (secondary N) is 2. The van der Waals surface area contributed by atoms with E-state index in [1.54, 1.807) is 29.4 Å². The Labute approximate surface area is 131 Å². The summed E-state index contributed by atoms with van der Waals surface area (Å²) in [4.78, 5) is 24.2. The molecule has 0 spiro atoms. The van der Waals surface area contributed by atoms with Gasteiger partial charge in [0.15, 0.2) is 0 Å². The Morgan fingerprint density at radius 3 is 2.48 bits per heavy atom. The molecule has 1 aromatic carbocycles. The zero-order chi connectivity index (χ0) is 17.3. The second kappa shape index (κ2) is 8.99. The van der Waals surface area contributed by atoms with Gasteiger partial charge in [-0.05, 0) is 19.2 Å². The molecule has 9 heteroatoms. The Bertz CT molecular complexity index is 509. The molecule has 0 saturated heterocycles. The number of para-hydroxylation sites is 1. The van der Waals surface area contributed by atoms with Crippen molar-refractivity contribution in [1.82, 2.24) is 15.5 Å². The van der Waals surface area contributed by atoms with Crippen LogP contribution >= 0.6 is 0 Å². The minimum absolute atomic E-state index is 0.141. The van der Waals surface area contributed by atoms with Gasteiger partial charge in [0.25, 0.3) is 0 Å². The Balaban J connectivity index is 2.19. The lowest BCUT2D eigenvalue weighted by molar-refractivity contribution is -0.125. The molecule has 3 amide bonds. The van der Waals surface area contributed by atoms with Gasteiger partial charge in [0, 0.05) is 6.54 Å². The third kappa shape index (κ3) is 9.35. The van der Waals surface area contributed by atoms with Crippen molar-refractivity contribution in [2.45, 2.75) is 6.18 Å². The van der Waals surface area contributed by atoms with Gasteiger partial charge >= 0.3 is 12.2 Å². The molecule has 1 rings (SSSR count). The van der Waals surface area contributed by atoms with Gasteiger partial charge in [-0.1, -0.05) is 18.2 Å². The molecule has 6 nitrogen and oxygen atoms in total. The molecule has 0 bridgehead atoms. The predicted octanol–water partition coefficient (Wildman–Crippen LogP) is 1.39. The number of halogens is 3. The first kappa shape index (κ1) is 18.8. The van der Waals surface area contributed by atoms with Crippen LogP contribution < -0.4 is 15.4 Å². The van der Waals surface area contributed by atoms with Crippen LogP contribution in [0.25, 0.3) is 0 Å². The highest BCUT2D eigenvalue weighted by molar-refractivity contribution is 5.95. The Morgan fingerprint density at radius 1 is 1.22 bits per heavy atom. The number of ether oxygens (including phenoxy) is 1. The van der Waals surface area contributed by atoms with E-state index in [9.17, 15) is 22.8 Å². The fraction of sp³-hybridized carbons (Fsp3) is 0.429. The number of carbonyl (C=O) groups excluding carboxylic acids is 2. The minimum atomic E-state index is -4.52. The monoisotopic (exact) mass is 333 g/mol. The number of nitrogens with zero attached hydrogens (tertiary/aromatic N) is 1. The van der Waals surface area contributed by atoms with Crippen molar-refractivity contribution in [3.8, 4) is 5.75 Å². The van der Waals surface area contributed by atoms with Gasteiger partial charge in [-0.25, -0.2) is 4.79 Å². The maximum atomic E-state index is 11.9. The van der Waals surface area contributed by atoms with Gasteiger partial charge in [-0.2, -0.15) is 13.2 Å². The number of hydrogen-bond donors (Lipinski definition) is 2. The van der Waals surface area contributed by atoms with Crippen LogP contribution in [0.1, 0.15) is 0 Å². The van der Waals surface area contributed by atoms with Crippen molar-refractivity contribution in [2.75, 3.05) is 33.3 Å². The summed E-state index contributed by atoms with van der Waals surface area (Å²) in [5.41, 5.74) is 0. The smallest absolute Gasteiger partial charge is 0.405 e. The molecule has 2 N–H and O–H groups in total. The lowest BCUT2D eigenvalue weighted by Gasteiger charge is -2.16. The SMILES string of the molecule is CN(CCOc1ccccc1)CC(=O)NC(=O)NCC(F)(F)F. The zero-order valence-corrected chi connectivity index (χ0v) is 12.5. The third-order valence-electron chi connectivity index (χ3n) is 2.60. The normalized spacial score (nSPS) is 11.2. The van der Waals surface area contributed by atoms with Crippen molar-refractivity contribution in [3.63, 3.8) is 0 Å². The fourth-order valence-electron chi connectivity index (χ4n) is 1.55. The van der Waals surface area contributed by atoms with Gasteiger partial charge in [-0.3, -0.25) is 15.0 Å². The highest BCUT2D eigenvalue weighted by atomic mass is 19.4. The number of benzene rings is 1. The van der Waals surface area contributed by atoms with E-state index in [1.807, 2.05) is 23.5 Å². The quantitative estimate of drug-likeness (QED) is 0.791. The predicted molar refractivity (Wildman–Crippen MR) is 77.0 cm³/mol. The van der Waals surface area contributed by atoms with E-state index in [2.05, 4.69) is 0 Å². The topological polar surface area (TPSA) is 70.7 Å². The number of hydrogen-bond acceptors (Lipinski definition) is 4. The molecule has 0 unspecified atom stereocenters. The Morgan fingerprint density at radius 2 is 1.87 bits per heavy atom. The highest BCUT2D eigenvalue weighted by Gasteiger charge is 2.27. The molecular weight excluding hydrogens is 315 g/mol. The summed E-state index contributed by atoms with van der Waals surface area (Å²) in [7, 11) is 1.63. The van der Waals surface area contributed by atoms with Crippen molar-refractivity contribution >= 4 is 11.9 Å². The summed E-state index contributed by atoms with van der Waals surface area (Å²) in [5.74, 6) is -0.0104. The molecule has 0 aliphatic heterocycles. The zero-order valence-electron chi connectivity index (χ0n) is 12.5. The largest absolute Gasteiger partial charge is 0.492 e. The van der Waals surface area contributed by atoms with Crippen LogP contribution in [0.15, 0.2) is 30.3 Å². The van der Waals surface area contributed by atoms with Crippen LogP contribution in [0.3, 0.4) is 0 Å². The molecular formula is C14H18F3N3O3. The molecule has 0 aromatic heterocycles. The van der Waals surface area contributed by atoms with Crippen molar-refractivity contribution in [1.29, 1.82) is 0 Å². The van der Waals surface area contributed by atoms with E-state index in [1.165, 1.54) is 0 Å². The fourth-order valence-corrected chi connectivity index (χ4v) is 1.55. The van der Waals surface area contributed by atoms with E-state index in [0.717, 1.165) is 0 Å². The highest BCUT2D eigenvalue weighted by Crippen LogP contribution is 2.11. The first-order valence-corrected chi connectivity index (χ1v) is 6.77. The number of rotatable bonds is 7. The second-order valence-corrected chi connectivity index (χ2v) is 4.75. The number of likely N-dealkylation sites (N-methyl/N-ethyl adjacent to an activating group) is 1. The van der Waals surface area contributed by atoms with Crippen LogP contribution in [0, 0.1) is 0 Å². The first-order valence-electron chi connectivity index (χ1n) is 6.77. The number of amides is 3. The second-order valence-electron chi connectivity index (χ2n) is 4.75. The van der Waals surface area contributed by atoms with Crippen LogP contribution in [0.4, 0.5) is 18.0 Å². The average molecular weight is 333 g/mol. The maximum Gasteiger partial charge on any atom is 0.405 e. The molecule has 128 valence electrons. The molecule has 23 heavy (non-hydrogen) atoms. The first-order chi connectivity index (χ1) is 10.8. The summed E-state index contributed by atoms with van der Waals surface area (Å²) in [6.07, 6.45) is -4.52. The summed E-state index contributed by atoms with van der Waals surface area (Å²) in [5, 5.41) is 3.37.